The van der Waals surface area contributed by atoms with E-state index >= 15 is 0 Å². The molecule has 2 aromatic rings. The van der Waals surface area contributed by atoms with Gasteiger partial charge in [-0.1, -0.05) is 18.3 Å². The summed E-state index contributed by atoms with van der Waals surface area (Å²) in [6.07, 6.45) is 0.963. The highest BCUT2D eigenvalue weighted by Crippen LogP contribution is 2.29. The number of aromatic carboxylic acids is 1. The zero-order valence-corrected chi connectivity index (χ0v) is 18.2. The Morgan fingerprint density at radius 3 is 2.75 bits per heavy atom. The molecule has 9 nitrogen and oxygen atoms in total. The number of carboxylic acids is 1. The minimum absolute atomic E-state index is 0.178. The van der Waals surface area contributed by atoms with E-state index < -0.39 is 5.97 Å². The molecule has 0 aliphatic carbocycles. The van der Waals surface area contributed by atoms with Gasteiger partial charge in [-0.15, -0.1) is 0 Å². The number of nitrogens with one attached hydrogen (secondary N) is 2. The number of imidazole rings is 1. The number of halogens is 1. The minimum Gasteiger partial charge on any atom is -0.477 e. The van der Waals surface area contributed by atoms with Crippen LogP contribution in [0.15, 0.2) is 4.60 Å². The van der Waals surface area contributed by atoms with E-state index in [0.29, 0.717) is 41.4 Å². The average molecular weight is 472 g/mol. The standard InChI is InChI=1S/C17H22BrN5O4S/c1-4-9-12(16(25)26)28-17(21-9)23-6-5-10(11(7-23)27-3)20-15(24)14-19-8(2)13(18)22-14/h10-11H,4-7H2,1-3H3,(H,19,22)(H,20,24)(H,25,26)/t10-,11+/m0/s1. The number of carbonyl (C=O) groups is 2. The number of aromatic nitrogens is 3. The summed E-state index contributed by atoms with van der Waals surface area (Å²) < 4.78 is 6.21. The van der Waals surface area contributed by atoms with E-state index in [1.807, 2.05) is 18.7 Å². The highest BCUT2D eigenvalue weighted by Gasteiger charge is 2.33. The molecule has 0 radical (unpaired) electrons. The summed E-state index contributed by atoms with van der Waals surface area (Å²) in [6.45, 7) is 4.87. The van der Waals surface area contributed by atoms with Crippen LogP contribution in [0.1, 0.15) is 45.0 Å². The maximum atomic E-state index is 12.5. The Bertz CT molecular complexity index is 864. The predicted molar refractivity (Wildman–Crippen MR) is 108 cm³/mol. The van der Waals surface area contributed by atoms with E-state index in [9.17, 15) is 14.7 Å². The Morgan fingerprint density at radius 1 is 1.46 bits per heavy atom. The molecule has 1 amide bonds. The topological polar surface area (TPSA) is 120 Å². The first-order valence-corrected chi connectivity index (χ1v) is 10.5. The zero-order valence-electron chi connectivity index (χ0n) is 15.8. The molecule has 0 unspecified atom stereocenters. The molecular weight excluding hydrogens is 450 g/mol. The van der Waals surface area contributed by atoms with Crippen LogP contribution in [-0.2, 0) is 11.2 Å². The van der Waals surface area contributed by atoms with Crippen molar-refractivity contribution in [3.05, 3.63) is 26.7 Å². The van der Waals surface area contributed by atoms with Crippen LogP contribution in [0.25, 0.3) is 0 Å². The quantitative estimate of drug-likeness (QED) is 0.590. The summed E-state index contributed by atoms with van der Waals surface area (Å²) in [5, 5.41) is 13.0. The lowest BCUT2D eigenvalue weighted by atomic mass is 10.0. The van der Waals surface area contributed by atoms with Crippen LogP contribution >= 0.6 is 27.3 Å². The number of ether oxygens (including phenoxy) is 1. The van der Waals surface area contributed by atoms with Gasteiger partial charge in [-0.25, -0.2) is 14.8 Å². The predicted octanol–water partition coefficient (Wildman–Crippen LogP) is 2.22. The van der Waals surface area contributed by atoms with Gasteiger partial charge in [-0.3, -0.25) is 4.79 Å². The van der Waals surface area contributed by atoms with Crippen LogP contribution in [0.2, 0.25) is 0 Å². The van der Waals surface area contributed by atoms with E-state index in [0.717, 1.165) is 5.69 Å². The van der Waals surface area contributed by atoms with Gasteiger partial charge in [0.1, 0.15) is 9.48 Å². The molecule has 1 fully saturated rings. The van der Waals surface area contributed by atoms with Crippen molar-refractivity contribution in [2.45, 2.75) is 38.8 Å². The van der Waals surface area contributed by atoms with E-state index in [-0.39, 0.29) is 28.8 Å². The fourth-order valence-electron chi connectivity index (χ4n) is 3.16. The molecule has 0 aromatic carbocycles. The van der Waals surface area contributed by atoms with Crippen molar-refractivity contribution in [1.29, 1.82) is 0 Å². The van der Waals surface area contributed by atoms with Crippen molar-refractivity contribution in [2.75, 3.05) is 25.1 Å². The highest BCUT2D eigenvalue weighted by molar-refractivity contribution is 9.10. The summed E-state index contributed by atoms with van der Waals surface area (Å²) in [6, 6.07) is -0.178. The largest absolute Gasteiger partial charge is 0.477 e. The molecule has 1 aliphatic rings. The Balaban J connectivity index is 1.70. The zero-order chi connectivity index (χ0) is 20.4. The Labute approximate surface area is 174 Å². The molecule has 28 heavy (non-hydrogen) atoms. The van der Waals surface area contributed by atoms with Gasteiger partial charge in [-0.05, 0) is 35.7 Å². The molecule has 1 aliphatic heterocycles. The first kappa shape index (κ1) is 20.7. The van der Waals surface area contributed by atoms with E-state index in [2.05, 4.69) is 36.2 Å². The lowest BCUT2D eigenvalue weighted by molar-refractivity contribution is 0.0538. The molecule has 0 spiro atoms. The van der Waals surface area contributed by atoms with Crippen molar-refractivity contribution < 1.29 is 19.4 Å². The number of anilines is 1. The van der Waals surface area contributed by atoms with Gasteiger partial charge in [0.2, 0.25) is 0 Å². The van der Waals surface area contributed by atoms with Gasteiger partial charge in [-0.2, -0.15) is 0 Å². The molecule has 3 N–H and O–H groups in total. The summed E-state index contributed by atoms with van der Waals surface area (Å²) in [4.78, 5) is 37.8. The van der Waals surface area contributed by atoms with Gasteiger partial charge in [0.15, 0.2) is 11.0 Å². The third kappa shape index (κ3) is 4.20. The number of thiazole rings is 1. The van der Waals surface area contributed by atoms with Gasteiger partial charge >= 0.3 is 5.97 Å². The molecular formula is C17H22BrN5O4S. The second kappa shape index (κ2) is 8.58. The van der Waals surface area contributed by atoms with Crippen molar-refractivity contribution in [3.8, 4) is 0 Å². The van der Waals surface area contributed by atoms with Gasteiger partial charge in [0.05, 0.1) is 17.8 Å². The number of aryl methyl sites for hydroxylation is 2. The Morgan fingerprint density at radius 2 is 2.21 bits per heavy atom. The number of piperidine rings is 1. The van der Waals surface area contributed by atoms with Crippen LogP contribution in [0, 0.1) is 6.92 Å². The van der Waals surface area contributed by atoms with E-state index in [4.69, 9.17) is 4.74 Å². The fraction of sp³-hybridized carbons (Fsp3) is 0.529. The molecule has 152 valence electrons. The van der Waals surface area contributed by atoms with Crippen molar-refractivity contribution in [2.24, 2.45) is 0 Å². The van der Waals surface area contributed by atoms with Crippen LogP contribution in [0.4, 0.5) is 5.13 Å². The van der Waals surface area contributed by atoms with Gasteiger partial charge in [0.25, 0.3) is 5.91 Å². The van der Waals surface area contributed by atoms with Crippen molar-refractivity contribution in [1.82, 2.24) is 20.3 Å². The Hall–Kier alpha value is -1.98. The van der Waals surface area contributed by atoms with Gasteiger partial charge in [0, 0.05) is 25.9 Å². The number of H-pyrrole nitrogens is 1. The van der Waals surface area contributed by atoms with E-state index in [1.165, 1.54) is 11.3 Å². The molecule has 11 heteroatoms. The number of hydrogen-bond acceptors (Lipinski definition) is 7. The summed E-state index contributed by atoms with van der Waals surface area (Å²) >= 11 is 4.47. The Kier molecular flexibility index (Phi) is 6.36. The number of methoxy groups -OCH3 is 1. The molecule has 3 heterocycles. The van der Waals surface area contributed by atoms with Crippen molar-refractivity contribution in [3.63, 3.8) is 0 Å². The SMILES string of the molecule is CCc1nc(N2CC[C@H](NC(=O)c3nc(Br)c(C)[nH]3)[C@H](OC)C2)sc1C(=O)O. The molecule has 2 atom stereocenters. The summed E-state index contributed by atoms with van der Waals surface area (Å²) in [5.74, 6) is -0.990. The molecule has 1 saturated heterocycles. The number of hydrogen-bond donors (Lipinski definition) is 3. The fourth-order valence-corrected chi connectivity index (χ4v) is 4.46. The molecule has 3 rings (SSSR count). The van der Waals surface area contributed by atoms with Crippen LogP contribution < -0.4 is 10.2 Å². The number of aromatic amines is 1. The molecule has 0 bridgehead atoms. The smallest absolute Gasteiger partial charge is 0.347 e. The number of nitrogens with zero attached hydrogens (tertiary/aromatic N) is 3. The third-order valence-corrected chi connectivity index (χ3v) is 6.62. The third-order valence-electron chi connectivity index (χ3n) is 4.70. The monoisotopic (exact) mass is 471 g/mol. The minimum atomic E-state index is -0.953. The first-order valence-electron chi connectivity index (χ1n) is 8.87. The van der Waals surface area contributed by atoms with Crippen molar-refractivity contribution >= 4 is 44.3 Å². The molecule has 0 saturated carbocycles. The number of rotatable bonds is 6. The number of carbonyl (C=O) groups excluding carboxylic acids is 1. The maximum absolute atomic E-state index is 12.5. The second-order valence-corrected chi connectivity index (χ2v) is 8.25. The average Bonchev–Trinajstić information content (AvgIpc) is 3.26. The lowest BCUT2D eigenvalue weighted by Gasteiger charge is -2.37. The summed E-state index contributed by atoms with van der Waals surface area (Å²) in [7, 11) is 1.60. The van der Waals surface area contributed by atoms with Crippen LogP contribution in [-0.4, -0.2) is 64.3 Å². The first-order chi connectivity index (χ1) is 13.3. The van der Waals surface area contributed by atoms with Crippen LogP contribution in [0.3, 0.4) is 0 Å². The second-order valence-electron chi connectivity index (χ2n) is 6.52. The lowest BCUT2D eigenvalue weighted by Crippen LogP contribution is -2.55. The number of carboxylic acid groups (broad SMARTS) is 1. The van der Waals surface area contributed by atoms with Gasteiger partial charge < -0.3 is 25.0 Å². The van der Waals surface area contributed by atoms with Crippen LogP contribution in [0.5, 0.6) is 0 Å². The number of amides is 1. The normalized spacial score (nSPS) is 19.6. The maximum Gasteiger partial charge on any atom is 0.347 e. The van der Waals surface area contributed by atoms with E-state index in [1.54, 1.807) is 7.11 Å². The molecule has 2 aromatic heterocycles. The highest BCUT2D eigenvalue weighted by atomic mass is 79.9. The summed E-state index contributed by atoms with van der Waals surface area (Å²) in [5.41, 5.74) is 1.38.